The molecule has 3 aromatic rings. The van der Waals surface area contributed by atoms with Crippen LogP contribution in [-0.2, 0) is 0 Å². The summed E-state index contributed by atoms with van der Waals surface area (Å²) in [5, 5.41) is 3.05. The van der Waals surface area contributed by atoms with Gasteiger partial charge in [0, 0.05) is 11.9 Å². The van der Waals surface area contributed by atoms with Crippen molar-refractivity contribution in [1.82, 2.24) is 9.97 Å². The van der Waals surface area contributed by atoms with Crippen LogP contribution < -0.4 is 15.6 Å². The predicted molar refractivity (Wildman–Crippen MR) is 86.6 cm³/mol. The molecule has 5 nitrogen and oxygen atoms in total. The van der Waals surface area contributed by atoms with Crippen LogP contribution in [0.15, 0.2) is 65.6 Å². The third kappa shape index (κ3) is 2.98. The fourth-order valence-corrected chi connectivity index (χ4v) is 2.10. The Morgan fingerprint density at radius 3 is 2.41 bits per heavy atom. The van der Waals surface area contributed by atoms with E-state index in [0.29, 0.717) is 11.5 Å². The highest BCUT2D eigenvalue weighted by Gasteiger charge is 2.06. The Kier molecular flexibility index (Phi) is 3.87. The quantitative estimate of drug-likeness (QED) is 0.775. The van der Waals surface area contributed by atoms with Gasteiger partial charge in [-0.25, -0.2) is 0 Å². The van der Waals surface area contributed by atoms with Crippen molar-refractivity contribution in [1.29, 1.82) is 0 Å². The third-order valence-electron chi connectivity index (χ3n) is 3.23. The minimum atomic E-state index is -0.289. The van der Waals surface area contributed by atoms with E-state index in [4.69, 9.17) is 4.74 Å². The number of nitrogens with one attached hydrogen (secondary N) is 2. The maximum Gasteiger partial charge on any atom is 0.282 e. The summed E-state index contributed by atoms with van der Waals surface area (Å²) in [6.45, 7) is 0. The summed E-state index contributed by atoms with van der Waals surface area (Å²) in [5.41, 5.74) is 1.88. The van der Waals surface area contributed by atoms with E-state index in [1.165, 1.54) is 0 Å². The maximum absolute atomic E-state index is 12.2. The molecule has 0 aliphatic carbocycles. The summed E-state index contributed by atoms with van der Waals surface area (Å²) in [6, 6.07) is 16.8. The first kappa shape index (κ1) is 13.9. The van der Waals surface area contributed by atoms with Gasteiger partial charge in [-0.2, -0.15) is 4.98 Å². The van der Waals surface area contributed by atoms with Crippen LogP contribution in [0.1, 0.15) is 0 Å². The molecule has 0 saturated heterocycles. The Morgan fingerprint density at radius 1 is 1.05 bits per heavy atom. The first-order chi connectivity index (χ1) is 10.8. The van der Waals surface area contributed by atoms with E-state index in [9.17, 15) is 4.79 Å². The average Bonchev–Trinajstić information content (AvgIpc) is 2.56. The molecule has 0 atom stereocenters. The van der Waals surface area contributed by atoms with Gasteiger partial charge in [0.2, 0.25) is 5.95 Å². The van der Waals surface area contributed by atoms with E-state index < -0.39 is 0 Å². The average molecular weight is 293 g/mol. The van der Waals surface area contributed by atoms with Gasteiger partial charge in [-0.1, -0.05) is 30.3 Å². The van der Waals surface area contributed by atoms with Gasteiger partial charge < -0.3 is 15.0 Å². The molecule has 0 aliphatic heterocycles. The second kappa shape index (κ2) is 6.13. The SMILES string of the molecule is COc1ccc(-c2c[nH]c(Nc3ccccc3)nc2=O)cc1. The van der Waals surface area contributed by atoms with E-state index in [1.807, 2.05) is 54.6 Å². The monoisotopic (exact) mass is 293 g/mol. The number of para-hydroxylation sites is 1. The topological polar surface area (TPSA) is 67.0 Å². The molecule has 0 amide bonds. The fraction of sp³-hybridized carbons (Fsp3) is 0.0588. The number of nitrogens with zero attached hydrogens (tertiary/aromatic N) is 1. The highest BCUT2D eigenvalue weighted by molar-refractivity contribution is 5.63. The summed E-state index contributed by atoms with van der Waals surface area (Å²) in [5.74, 6) is 1.16. The molecule has 1 heterocycles. The number of methoxy groups -OCH3 is 1. The van der Waals surface area contributed by atoms with Crippen LogP contribution in [0.25, 0.3) is 11.1 Å². The lowest BCUT2D eigenvalue weighted by Crippen LogP contribution is -2.12. The number of anilines is 2. The molecule has 0 bridgehead atoms. The first-order valence-electron chi connectivity index (χ1n) is 6.82. The number of aromatic amines is 1. The molecule has 1 aromatic heterocycles. The Bertz CT molecular complexity index is 811. The molecule has 0 spiro atoms. The van der Waals surface area contributed by atoms with E-state index in [1.54, 1.807) is 13.3 Å². The van der Waals surface area contributed by atoms with Crippen LogP contribution in [0.3, 0.4) is 0 Å². The van der Waals surface area contributed by atoms with Crippen LogP contribution in [-0.4, -0.2) is 17.1 Å². The summed E-state index contributed by atoms with van der Waals surface area (Å²) in [7, 11) is 1.60. The van der Waals surface area contributed by atoms with Crippen molar-refractivity contribution in [2.24, 2.45) is 0 Å². The molecule has 2 aromatic carbocycles. The van der Waals surface area contributed by atoms with Gasteiger partial charge in [0.1, 0.15) is 5.75 Å². The van der Waals surface area contributed by atoms with Crippen molar-refractivity contribution in [3.63, 3.8) is 0 Å². The third-order valence-corrected chi connectivity index (χ3v) is 3.23. The molecule has 0 aliphatic rings. The van der Waals surface area contributed by atoms with Crippen molar-refractivity contribution < 1.29 is 4.74 Å². The molecule has 110 valence electrons. The summed E-state index contributed by atoms with van der Waals surface area (Å²) < 4.78 is 5.11. The van der Waals surface area contributed by atoms with Crippen molar-refractivity contribution in [3.8, 4) is 16.9 Å². The Balaban J connectivity index is 1.87. The standard InChI is InChI=1S/C17H15N3O2/c1-22-14-9-7-12(8-10-14)15-11-18-17(20-16(15)21)19-13-5-3-2-4-6-13/h2-11H,1H3,(H2,18,19,20,21). The normalized spacial score (nSPS) is 10.2. The number of H-pyrrole nitrogens is 1. The van der Waals surface area contributed by atoms with Crippen LogP contribution in [0.4, 0.5) is 11.6 Å². The number of rotatable bonds is 4. The number of benzene rings is 2. The summed E-state index contributed by atoms with van der Waals surface area (Å²) >= 11 is 0. The van der Waals surface area contributed by atoms with Crippen molar-refractivity contribution in [2.45, 2.75) is 0 Å². The highest BCUT2D eigenvalue weighted by atomic mass is 16.5. The van der Waals surface area contributed by atoms with E-state index >= 15 is 0 Å². The van der Waals surface area contributed by atoms with Crippen LogP contribution >= 0.6 is 0 Å². The molecule has 0 fully saturated rings. The molecule has 0 radical (unpaired) electrons. The van der Waals surface area contributed by atoms with Gasteiger partial charge >= 0.3 is 0 Å². The largest absolute Gasteiger partial charge is 0.497 e. The number of hydrogen-bond donors (Lipinski definition) is 2. The van der Waals surface area contributed by atoms with Gasteiger partial charge in [-0.05, 0) is 29.8 Å². The summed E-state index contributed by atoms with van der Waals surface area (Å²) in [6.07, 6.45) is 1.66. The molecular formula is C17H15N3O2. The second-order valence-electron chi connectivity index (χ2n) is 4.69. The Hall–Kier alpha value is -3.08. The first-order valence-corrected chi connectivity index (χ1v) is 6.82. The second-order valence-corrected chi connectivity index (χ2v) is 4.69. The van der Waals surface area contributed by atoms with Crippen LogP contribution in [0.5, 0.6) is 5.75 Å². The number of aromatic nitrogens is 2. The fourth-order valence-electron chi connectivity index (χ4n) is 2.10. The zero-order chi connectivity index (χ0) is 15.4. The molecular weight excluding hydrogens is 278 g/mol. The summed E-state index contributed by atoms with van der Waals surface area (Å²) in [4.78, 5) is 19.2. The van der Waals surface area contributed by atoms with Crippen LogP contribution in [0.2, 0.25) is 0 Å². The minimum Gasteiger partial charge on any atom is -0.497 e. The number of ether oxygens (including phenoxy) is 1. The molecule has 0 saturated carbocycles. The molecule has 0 unspecified atom stereocenters. The molecule has 5 heteroatoms. The Morgan fingerprint density at radius 2 is 1.77 bits per heavy atom. The van der Waals surface area contributed by atoms with E-state index in [0.717, 1.165) is 17.0 Å². The van der Waals surface area contributed by atoms with Gasteiger partial charge in [-0.3, -0.25) is 4.79 Å². The lowest BCUT2D eigenvalue weighted by atomic mass is 10.1. The van der Waals surface area contributed by atoms with Crippen molar-refractivity contribution in [2.75, 3.05) is 12.4 Å². The zero-order valence-electron chi connectivity index (χ0n) is 12.0. The maximum atomic E-state index is 12.2. The van der Waals surface area contributed by atoms with Gasteiger partial charge in [-0.15, -0.1) is 0 Å². The molecule has 22 heavy (non-hydrogen) atoms. The van der Waals surface area contributed by atoms with Gasteiger partial charge in [0.05, 0.1) is 12.7 Å². The molecule has 2 N–H and O–H groups in total. The van der Waals surface area contributed by atoms with E-state index in [-0.39, 0.29) is 5.56 Å². The lowest BCUT2D eigenvalue weighted by Gasteiger charge is -2.06. The van der Waals surface area contributed by atoms with Gasteiger partial charge in [0.15, 0.2) is 0 Å². The van der Waals surface area contributed by atoms with E-state index in [2.05, 4.69) is 15.3 Å². The number of hydrogen-bond acceptors (Lipinski definition) is 4. The van der Waals surface area contributed by atoms with Crippen molar-refractivity contribution in [3.05, 3.63) is 71.1 Å². The van der Waals surface area contributed by atoms with Crippen LogP contribution in [0, 0.1) is 0 Å². The smallest absolute Gasteiger partial charge is 0.282 e. The Labute approximate surface area is 127 Å². The van der Waals surface area contributed by atoms with Gasteiger partial charge in [0.25, 0.3) is 5.56 Å². The minimum absolute atomic E-state index is 0.289. The zero-order valence-corrected chi connectivity index (χ0v) is 12.0. The lowest BCUT2D eigenvalue weighted by molar-refractivity contribution is 0.415. The molecule has 3 rings (SSSR count). The predicted octanol–water partition coefficient (Wildman–Crippen LogP) is 3.19. The van der Waals surface area contributed by atoms with Crippen molar-refractivity contribution >= 4 is 11.6 Å². The highest BCUT2D eigenvalue weighted by Crippen LogP contribution is 2.19.